The first-order valence-electron chi connectivity index (χ1n) is 19.1. The van der Waals surface area contributed by atoms with Crippen molar-refractivity contribution in [2.45, 2.75) is 0 Å². The Morgan fingerprint density at radius 3 is 1.67 bits per heavy atom. The predicted octanol–water partition coefficient (Wildman–Crippen LogP) is 13.5. The summed E-state index contributed by atoms with van der Waals surface area (Å²) in [6.45, 7) is 0. The van der Waals surface area contributed by atoms with Gasteiger partial charge in [-0.25, -0.2) is 19.9 Å². The minimum atomic E-state index is 0.613. The van der Waals surface area contributed by atoms with Crippen LogP contribution in [-0.4, -0.2) is 19.9 Å². The summed E-state index contributed by atoms with van der Waals surface area (Å²) in [4.78, 5) is 20.3. The molecule has 9 aromatic carbocycles. The van der Waals surface area contributed by atoms with Crippen molar-refractivity contribution in [3.05, 3.63) is 194 Å². The standard InChI is InChI=1S/C52H32N4O/c1-4-14-33(15-5-1)39-29-30-45(43-23-11-10-22-41(39)43)51-55-49(35-16-6-2-7-17-35)54-50(56-51)38-26-28-40-37(32-38)21-13-24-42(40)44-25-12-20-34-27-31-46-48(47(34)44)57-52(53-46)36-18-8-3-9-19-36/h1-32H. The molecule has 0 unspecified atom stereocenters. The minimum absolute atomic E-state index is 0.613. The third-order valence-corrected chi connectivity index (χ3v) is 10.8. The van der Waals surface area contributed by atoms with Crippen molar-refractivity contribution in [2.24, 2.45) is 0 Å². The maximum atomic E-state index is 6.54. The molecule has 2 heterocycles. The molecular weight excluding hydrogens is 697 g/mol. The molecule has 0 saturated carbocycles. The average molecular weight is 729 g/mol. The lowest BCUT2D eigenvalue weighted by Crippen LogP contribution is -2.01. The number of fused-ring (bicyclic) bond motifs is 5. The predicted molar refractivity (Wildman–Crippen MR) is 233 cm³/mol. The third kappa shape index (κ3) is 5.72. The molecule has 0 aliphatic rings. The first-order valence-corrected chi connectivity index (χ1v) is 19.1. The first kappa shape index (κ1) is 32.7. The maximum Gasteiger partial charge on any atom is 0.227 e. The Hall–Kier alpha value is -7.76. The third-order valence-electron chi connectivity index (χ3n) is 10.8. The molecule has 0 spiro atoms. The van der Waals surface area contributed by atoms with Crippen LogP contribution < -0.4 is 0 Å². The Kier molecular flexibility index (Phi) is 7.74. The second-order valence-corrected chi connectivity index (χ2v) is 14.2. The van der Waals surface area contributed by atoms with Crippen molar-refractivity contribution in [2.75, 3.05) is 0 Å². The van der Waals surface area contributed by atoms with E-state index in [0.29, 0.717) is 23.4 Å². The smallest absolute Gasteiger partial charge is 0.227 e. The van der Waals surface area contributed by atoms with Gasteiger partial charge in [0.25, 0.3) is 0 Å². The zero-order valence-corrected chi connectivity index (χ0v) is 30.7. The van der Waals surface area contributed by atoms with Crippen molar-refractivity contribution in [1.29, 1.82) is 0 Å². The largest absolute Gasteiger partial charge is 0.435 e. The highest BCUT2D eigenvalue weighted by molar-refractivity contribution is 6.14. The Morgan fingerprint density at radius 1 is 0.316 bits per heavy atom. The zero-order chi connectivity index (χ0) is 37.7. The van der Waals surface area contributed by atoms with E-state index < -0.39 is 0 Å². The van der Waals surface area contributed by atoms with E-state index in [1.807, 2.05) is 72.8 Å². The Labute approximate surface area is 328 Å². The maximum absolute atomic E-state index is 6.54. The number of benzene rings is 9. The molecule has 0 atom stereocenters. The van der Waals surface area contributed by atoms with Crippen molar-refractivity contribution in [1.82, 2.24) is 19.9 Å². The quantitative estimate of drug-likeness (QED) is 0.171. The van der Waals surface area contributed by atoms with Crippen LogP contribution in [0.4, 0.5) is 0 Å². The molecule has 0 fully saturated rings. The summed E-state index contributed by atoms with van der Waals surface area (Å²) in [5.41, 5.74) is 9.91. The molecule has 0 amide bonds. The fourth-order valence-electron chi connectivity index (χ4n) is 8.05. The summed E-state index contributed by atoms with van der Waals surface area (Å²) < 4.78 is 6.54. The highest BCUT2D eigenvalue weighted by atomic mass is 16.3. The highest BCUT2D eigenvalue weighted by Crippen LogP contribution is 2.40. The fourth-order valence-corrected chi connectivity index (χ4v) is 8.05. The molecule has 266 valence electrons. The van der Waals surface area contributed by atoms with Crippen molar-refractivity contribution in [3.8, 4) is 67.9 Å². The number of nitrogens with zero attached hydrogens (tertiary/aromatic N) is 4. The van der Waals surface area contributed by atoms with Gasteiger partial charge < -0.3 is 4.42 Å². The van der Waals surface area contributed by atoms with E-state index in [4.69, 9.17) is 24.4 Å². The van der Waals surface area contributed by atoms with Gasteiger partial charge in [-0.3, -0.25) is 0 Å². The molecule has 2 aromatic heterocycles. The van der Waals surface area contributed by atoms with Gasteiger partial charge in [0.1, 0.15) is 5.52 Å². The van der Waals surface area contributed by atoms with Gasteiger partial charge in [0.05, 0.1) is 0 Å². The van der Waals surface area contributed by atoms with Crippen LogP contribution in [0, 0.1) is 0 Å². The number of hydrogen-bond donors (Lipinski definition) is 0. The lowest BCUT2D eigenvalue weighted by Gasteiger charge is -2.14. The molecule has 0 bridgehead atoms. The molecule has 5 heteroatoms. The zero-order valence-electron chi connectivity index (χ0n) is 30.7. The lowest BCUT2D eigenvalue weighted by atomic mass is 9.93. The van der Waals surface area contributed by atoms with Crippen LogP contribution in [0.3, 0.4) is 0 Å². The lowest BCUT2D eigenvalue weighted by molar-refractivity contribution is 0.623. The summed E-state index contributed by atoms with van der Waals surface area (Å²) in [5.74, 6) is 2.49. The second kappa shape index (κ2) is 13.5. The monoisotopic (exact) mass is 728 g/mol. The van der Waals surface area contributed by atoms with E-state index in [2.05, 4.69) is 121 Å². The molecule has 11 rings (SSSR count). The summed E-state index contributed by atoms with van der Waals surface area (Å²) in [5, 5.41) is 6.58. The SMILES string of the molecule is c1ccc(-c2nc(-c3ccc4c(-c5cccc6ccc7nc(-c8ccccc8)oc7c56)cccc4c3)nc(-c3ccc(-c4ccccc4)c4ccccc34)n2)cc1. The van der Waals surface area contributed by atoms with E-state index in [1.165, 1.54) is 11.1 Å². The summed E-state index contributed by atoms with van der Waals surface area (Å²) in [6, 6.07) is 67.0. The van der Waals surface area contributed by atoms with Gasteiger partial charge >= 0.3 is 0 Å². The van der Waals surface area contributed by atoms with Crippen LogP contribution in [0.25, 0.3) is 111 Å². The second-order valence-electron chi connectivity index (χ2n) is 14.2. The Balaban J connectivity index is 1.07. The number of hydrogen-bond acceptors (Lipinski definition) is 5. The molecule has 0 N–H and O–H groups in total. The molecule has 0 radical (unpaired) electrons. The molecule has 0 aliphatic carbocycles. The first-order chi connectivity index (χ1) is 28.2. The van der Waals surface area contributed by atoms with Crippen LogP contribution in [0.5, 0.6) is 0 Å². The molecule has 0 saturated heterocycles. The van der Waals surface area contributed by atoms with E-state index in [0.717, 1.165) is 76.8 Å². The highest BCUT2D eigenvalue weighted by Gasteiger charge is 2.19. The molecular formula is C52H32N4O. The van der Waals surface area contributed by atoms with Gasteiger partial charge in [0.15, 0.2) is 23.1 Å². The minimum Gasteiger partial charge on any atom is -0.435 e. The number of rotatable bonds is 6. The molecule has 0 aliphatic heterocycles. The summed E-state index contributed by atoms with van der Waals surface area (Å²) in [6.07, 6.45) is 0. The van der Waals surface area contributed by atoms with Crippen LogP contribution in [-0.2, 0) is 0 Å². The molecule has 57 heavy (non-hydrogen) atoms. The van der Waals surface area contributed by atoms with E-state index in [1.54, 1.807) is 0 Å². The van der Waals surface area contributed by atoms with Crippen molar-refractivity contribution in [3.63, 3.8) is 0 Å². The topological polar surface area (TPSA) is 64.7 Å². The van der Waals surface area contributed by atoms with Crippen molar-refractivity contribution >= 4 is 43.4 Å². The average Bonchev–Trinajstić information content (AvgIpc) is 3.74. The van der Waals surface area contributed by atoms with Crippen LogP contribution in [0.1, 0.15) is 0 Å². The van der Waals surface area contributed by atoms with E-state index in [-0.39, 0.29) is 0 Å². The number of aromatic nitrogens is 4. The van der Waals surface area contributed by atoms with Gasteiger partial charge in [-0.1, -0.05) is 164 Å². The van der Waals surface area contributed by atoms with Crippen molar-refractivity contribution < 1.29 is 4.42 Å². The Morgan fingerprint density at radius 2 is 0.912 bits per heavy atom. The van der Waals surface area contributed by atoms with Crippen LogP contribution in [0.2, 0.25) is 0 Å². The Bertz CT molecular complexity index is 3290. The van der Waals surface area contributed by atoms with Gasteiger partial charge in [-0.05, 0) is 79.5 Å². The van der Waals surface area contributed by atoms with E-state index in [9.17, 15) is 0 Å². The van der Waals surface area contributed by atoms with Crippen LogP contribution >= 0.6 is 0 Å². The van der Waals surface area contributed by atoms with Gasteiger partial charge in [-0.15, -0.1) is 0 Å². The van der Waals surface area contributed by atoms with Gasteiger partial charge in [-0.2, -0.15) is 0 Å². The van der Waals surface area contributed by atoms with E-state index >= 15 is 0 Å². The fraction of sp³-hybridized carbons (Fsp3) is 0. The number of oxazole rings is 1. The summed E-state index contributed by atoms with van der Waals surface area (Å²) >= 11 is 0. The summed E-state index contributed by atoms with van der Waals surface area (Å²) in [7, 11) is 0. The molecule has 11 aromatic rings. The van der Waals surface area contributed by atoms with Gasteiger partial charge in [0, 0.05) is 27.6 Å². The van der Waals surface area contributed by atoms with Gasteiger partial charge in [0.2, 0.25) is 5.89 Å². The molecule has 5 nitrogen and oxygen atoms in total. The normalized spacial score (nSPS) is 11.5. The van der Waals surface area contributed by atoms with Crippen LogP contribution in [0.15, 0.2) is 199 Å².